The van der Waals surface area contributed by atoms with Crippen LogP contribution in [0.4, 0.5) is 0 Å². The first kappa shape index (κ1) is 7.10. The zero-order valence-corrected chi connectivity index (χ0v) is 5.93. The van der Waals surface area contributed by atoms with Gasteiger partial charge in [0.1, 0.15) is 7.85 Å². The average Bonchev–Trinajstić information content (AvgIpc) is 1.60. The first-order valence-corrected chi connectivity index (χ1v) is 3.58. The van der Waals surface area contributed by atoms with Crippen LogP contribution in [-0.4, -0.2) is 24.5 Å². The van der Waals surface area contributed by atoms with Crippen molar-refractivity contribution in [2.24, 2.45) is 5.73 Å². The lowest BCUT2D eigenvalue weighted by atomic mass is 9.69. The molecule has 0 heterocycles. The summed E-state index contributed by atoms with van der Waals surface area (Å²) in [6.07, 6.45) is 3.85. The van der Waals surface area contributed by atoms with Crippen LogP contribution in [-0.2, 0) is 0 Å². The monoisotopic (exact) mass is 127 g/mol. The summed E-state index contributed by atoms with van der Waals surface area (Å²) in [4.78, 5) is 0. The molecule has 0 aliphatic heterocycles. The third-order valence-electron chi connectivity index (χ3n) is 1.99. The highest BCUT2D eigenvalue weighted by molar-refractivity contribution is 6.14. The molecule has 3 N–H and O–H groups in total. The Balaban J connectivity index is 2.41. The van der Waals surface area contributed by atoms with E-state index in [9.17, 15) is 5.11 Å². The summed E-state index contributed by atoms with van der Waals surface area (Å²) in [7, 11) is 1.87. The molecule has 1 saturated carbocycles. The van der Waals surface area contributed by atoms with Gasteiger partial charge in [-0.2, -0.15) is 0 Å². The second-order valence-corrected chi connectivity index (χ2v) is 3.35. The van der Waals surface area contributed by atoms with Crippen molar-refractivity contribution >= 4 is 7.85 Å². The van der Waals surface area contributed by atoms with E-state index >= 15 is 0 Å². The van der Waals surface area contributed by atoms with Crippen molar-refractivity contribution in [3.8, 4) is 0 Å². The van der Waals surface area contributed by atoms with Gasteiger partial charge in [0.2, 0.25) is 0 Å². The fourth-order valence-electron chi connectivity index (χ4n) is 1.51. The van der Waals surface area contributed by atoms with Crippen LogP contribution in [0.3, 0.4) is 0 Å². The van der Waals surface area contributed by atoms with Gasteiger partial charge >= 0.3 is 0 Å². The second kappa shape index (κ2) is 2.31. The van der Waals surface area contributed by atoms with E-state index in [1.807, 2.05) is 7.85 Å². The Morgan fingerprint density at radius 1 is 1.67 bits per heavy atom. The minimum absolute atomic E-state index is 0.230. The number of rotatable bonds is 0. The van der Waals surface area contributed by atoms with E-state index in [1.165, 1.54) is 0 Å². The van der Waals surface area contributed by atoms with Gasteiger partial charge in [-0.15, -0.1) is 0 Å². The summed E-state index contributed by atoms with van der Waals surface area (Å²) in [6, 6.07) is 0.230. The predicted molar refractivity (Wildman–Crippen MR) is 39.9 cm³/mol. The van der Waals surface area contributed by atoms with E-state index in [0.29, 0.717) is 0 Å². The van der Waals surface area contributed by atoms with Gasteiger partial charge in [0.05, 0.1) is 0 Å². The molecule has 2 nitrogen and oxygen atoms in total. The van der Waals surface area contributed by atoms with E-state index < -0.39 is 5.50 Å². The molecule has 0 aromatic rings. The van der Waals surface area contributed by atoms with Gasteiger partial charge < -0.3 is 10.8 Å². The largest absolute Gasteiger partial charge is 0.399 e. The normalized spacial score (nSPS) is 44.9. The highest BCUT2D eigenvalue weighted by atomic mass is 16.3. The molecular formula is C6H14BNO. The minimum atomic E-state index is -0.475. The zero-order chi connectivity index (χ0) is 6.91. The third-order valence-corrected chi connectivity index (χ3v) is 1.99. The van der Waals surface area contributed by atoms with Crippen LogP contribution >= 0.6 is 0 Å². The molecule has 0 aromatic carbocycles. The molecule has 0 saturated heterocycles. The smallest absolute Gasteiger partial charge is 0.143 e. The number of nitrogens with two attached hydrogens (primary N) is 1. The number of hydrogen-bond donors (Lipinski definition) is 2. The topological polar surface area (TPSA) is 46.2 Å². The molecule has 0 spiro atoms. The third kappa shape index (κ3) is 1.99. The van der Waals surface area contributed by atoms with Crippen LogP contribution in [0.15, 0.2) is 0 Å². The van der Waals surface area contributed by atoms with Crippen molar-refractivity contribution in [3.05, 3.63) is 0 Å². The molecule has 3 heteroatoms. The SMILES string of the molecule is B[C@]1(O)CCC[C@H](N)C1. The average molecular weight is 127 g/mol. The van der Waals surface area contributed by atoms with Crippen LogP contribution in [0.1, 0.15) is 25.7 Å². The van der Waals surface area contributed by atoms with E-state index in [0.717, 1.165) is 25.7 Å². The maximum Gasteiger partial charge on any atom is 0.143 e. The molecular weight excluding hydrogens is 113 g/mol. The standard InChI is InChI=1S/C6H14BNO/c7-6(9)3-1-2-5(8)4-6/h5,9H,1-4,7-8H2/t5-,6-/m0/s1. The van der Waals surface area contributed by atoms with Gasteiger partial charge in [0.25, 0.3) is 0 Å². The molecule has 1 aliphatic rings. The highest BCUT2D eigenvalue weighted by Crippen LogP contribution is 2.23. The van der Waals surface area contributed by atoms with Gasteiger partial charge in [-0.25, -0.2) is 0 Å². The number of aliphatic hydroxyl groups is 1. The van der Waals surface area contributed by atoms with Crippen LogP contribution < -0.4 is 5.73 Å². The van der Waals surface area contributed by atoms with Gasteiger partial charge in [0, 0.05) is 11.5 Å². The summed E-state index contributed by atoms with van der Waals surface area (Å²) < 4.78 is 0. The Hall–Kier alpha value is -0.0151. The van der Waals surface area contributed by atoms with E-state index in [-0.39, 0.29) is 6.04 Å². The first-order chi connectivity index (χ1) is 4.10. The van der Waals surface area contributed by atoms with Crippen LogP contribution in [0.5, 0.6) is 0 Å². The zero-order valence-electron chi connectivity index (χ0n) is 5.93. The fourth-order valence-corrected chi connectivity index (χ4v) is 1.51. The lowest BCUT2D eigenvalue weighted by Crippen LogP contribution is -2.41. The molecule has 0 radical (unpaired) electrons. The molecule has 52 valence electrons. The summed E-state index contributed by atoms with van der Waals surface area (Å²) >= 11 is 0. The molecule has 1 rings (SSSR count). The van der Waals surface area contributed by atoms with Crippen LogP contribution in [0.2, 0.25) is 0 Å². The number of hydrogen-bond acceptors (Lipinski definition) is 2. The molecule has 0 amide bonds. The predicted octanol–water partition coefficient (Wildman–Crippen LogP) is -0.791. The van der Waals surface area contributed by atoms with Crippen molar-refractivity contribution in [1.82, 2.24) is 0 Å². The summed E-state index contributed by atoms with van der Waals surface area (Å²) in [6.45, 7) is 0. The summed E-state index contributed by atoms with van der Waals surface area (Å²) in [5, 5.41) is 9.46. The maximum absolute atomic E-state index is 9.46. The quantitative estimate of drug-likeness (QED) is 0.419. The van der Waals surface area contributed by atoms with E-state index in [4.69, 9.17) is 5.73 Å². The van der Waals surface area contributed by atoms with Crippen molar-refractivity contribution < 1.29 is 5.11 Å². The maximum atomic E-state index is 9.46. The van der Waals surface area contributed by atoms with Crippen molar-refractivity contribution in [3.63, 3.8) is 0 Å². The molecule has 1 aliphatic carbocycles. The highest BCUT2D eigenvalue weighted by Gasteiger charge is 2.27. The van der Waals surface area contributed by atoms with Crippen LogP contribution in [0, 0.1) is 0 Å². The van der Waals surface area contributed by atoms with Gasteiger partial charge in [-0.05, 0) is 25.7 Å². The molecule has 1 fully saturated rings. The second-order valence-electron chi connectivity index (χ2n) is 3.35. The lowest BCUT2D eigenvalue weighted by Gasteiger charge is -2.31. The fraction of sp³-hybridized carbons (Fsp3) is 1.00. The molecule has 9 heavy (non-hydrogen) atoms. The Labute approximate surface area is 56.8 Å². The summed E-state index contributed by atoms with van der Waals surface area (Å²) in [5.41, 5.74) is 5.18. The van der Waals surface area contributed by atoms with Crippen LogP contribution in [0.25, 0.3) is 0 Å². The lowest BCUT2D eigenvalue weighted by molar-refractivity contribution is 0.0772. The molecule has 0 bridgehead atoms. The van der Waals surface area contributed by atoms with E-state index in [1.54, 1.807) is 0 Å². The van der Waals surface area contributed by atoms with Gasteiger partial charge in [-0.1, -0.05) is 0 Å². The van der Waals surface area contributed by atoms with Gasteiger partial charge in [-0.3, -0.25) is 0 Å². The summed E-state index contributed by atoms with van der Waals surface area (Å²) in [5.74, 6) is 0. The molecule has 0 unspecified atom stereocenters. The van der Waals surface area contributed by atoms with Crippen molar-refractivity contribution in [2.45, 2.75) is 37.2 Å². The Morgan fingerprint density at radius 3 is 2.67 bits per heavy atom. The first-order valence-electron chi connectivity index (χ1n) is 3.58. The Morgan fingerprint density at radius 2 is 2.33 bits per heavy atom. The van der Waals surface area contributed by atoms with Gasteiger partial charge in [0.15, 0.2) is 0 Å². The van der Waals surface area contributed by atoms with Crippen molar-refractivity contribution in [1.29, 1.82) is 0 Å². The molecule has 0 aromatic heterocycles. The molecule has 2 atom stereocenters. The van der Waals surface area contributed by atoms with E-state index in [2.05, 4.69) is 0 Å². The van der Waals surface area contributed by atoms with Crippen molar-refractivity contribution in [2.75, 3.05) is 0 Å². The minimum Gasteiger partial charge on any atom is -0.399 e. The Kier molecular flexibility index (Phi) is 1.82. The Bertz CT molecular complexity index is 105.